The summed E-state index contributed by atoms with van der Waals surface area (Å²) in [6, 6.07) is 13.5. The summed E-state index contributed by atoms with van der Waals surface area (Å²) in [6.45, 7) is 0.750. The van der Waals surface area contributed by atoms with E-state index in [0.717, 1.165) is 17.5 Å². The summed E-state index contributed by atoms with van der Waals surface area (Å²) in [5.74, 6) is 0.489. The van der Waals surface area contributed by atoms with Crippen molar-refractivity contribution in [2.45, 2.75) is 24.3 Å². The molecule has 158 valence electrons. The standard InChI is InChI=1S/C21H22ClN3O4S/c1-30(27,28)20-10-8-19(9-11-20)29-12-2-3-21(26)23-13-16-14-24-25(15-16)18-6-4-17(22)5-7-18/h4-11,14-15H,2-3,12-13H2,1H3,(H,23,26). The monoisotopic (exact) mass is 447 g/mol. The molecule has 1 heterocycles. The summed E-state index contributed by atoms with van der Waals surface area (Å²) in [4.78, 5) is 12.3. The van der Waals surface area contributed by atoms with Gasteiger partial charge in [-0.05, 0) is 55.0 Å². The van der Waals surface area contributed by atoms with Gasteiger partial charge in [0.1, 0.15) is 5.75 Å². The first-order valence-electron chi connectivity index (χ1n) is 9.30. The van der Waals surface area contributed by atoms with E-state index in [0.29, 0.717) is 36.8 Å². The molecule has 1 amide bonds. The second-order valence-corrected chi connectivity index (χ2v) is 9.19. The lowest BCUT2D eigenvalue weighted by Crippen LogP contribution is -2.22. The molecule has 30 heavy (non-hydrogen) atoms. The maximum absolute atomic E-state index is 12.0. The van der Waals surface area contributed by atoms with Gasteiger partial charge in [0.25, 0.3) is 0 Å². The van der Waals surface area contributed by atoms with Crippen LogP contribution >= 0.6 is 11.6 Å². The lowest BCUT2D eigenvalue weighted by atomic mass is 10.3. The van der Waals surface area contributed by atoms with Crippen molar-refractivity contribution in [1.29, 1.82) is 0 Å². The molecule has 0 aliphatic heterocycles. The van der Waals surface area contributed by atoms with Crippen molar-refractivity contribution in [3.05, 3.63) is 71.5 Å². The fraction of sp³-hybridized carbons (Fsp3) is 0.238. The highest BCUT2D eigenvalue weighted by molar-refractivity contribution is 7.90. The third-order valence-electron chi connectivity index (χ3n) is 4.29. The third kappa shape index (κ3) is 6.33. The van der Waals surface area contributed by atoms with Gasteiger partial charge in [0.05, 0.1) is 23.4 Å². The van der Waals surface area contributed by atoms with E-state index in [-0.39, 0.29) is 10.8 Å². The Hall–Kier alpha value is -2.84. The Morgan fingerprint density at radius 1 is 1.13 bits per heavy atom. The number of rotatable bonds is 9. The molecular formula is C21H22ClN3O4S. The van der Waals surface area contributed by atoms with Gasteiger partial charge in [0.2, 0.25) is 5.91 Å². The first-order valence-corrected chi connectivity index (χ1v) is 11.6. The molecule has 0 unspecified atom stereocenters. The molecule has 3 rings (SSSR count). The molecule has 0 atom stereocenters. The average Bonchev–Trinajstić information content (AvgIpc) is 3.19. The molecule has 0 fully saturated rings. The second-order valence-electron chi connectivity index (χ2n) is 6.74. The Kier molecular flexibility index (Phi) is 7.12. The number of benzene rings is 2. The molecule has 9 heteroatoms. The molecule has 0 aliphatic carbocycles. The summed E-state index contributed by atoms with van der Waals surface area (Å²) in [6.07, 6.45) is 5.59. The first kappa shape index (κ1) is 21.9. The van der Waals surface area contributed by atoms with E-state index < -0.39 is 9.84 Å². The molecule has 7 nitrogen and oxygen atoms in total. The molecular weight excluding hydrogens is 426 g/mol. The predicted octanol–water partition coefficient (Wildman–Crippen LogP) is 3.40. The van der Waals surface area contributed by atoms with Crippen LogP contribution in [-0.4, -0.2) is 37.0 Å². The molecule has 0 bridgehead atoms. The van der Waals surface area contributed by atoms with Gasteiger partial charge in [-0.25, -0.2) is 13.1 Å². The third-order valence-corrected chi connectivity index (χ3v) is 5.67. The quantitative estimate of drug-likeness (QED) is 0.507. The highest BCUT2D eigenvalue weighted by Gasteiger charge is 2.07. The van der Waals surface area contributed by atoms with E-state index in [1.165, 1.54) is 12.1 Å². The van der Waals surface area contributed by atoms with Gasteiger partial charge >= 0.3 is 0 Å². The van der Waals surface area contributed by atoms with E-state index in [1.807, 2.05) is 18.3 Å². The predicted molar refractivity (Wildman–Crippen MR) is 115 cm³/mol. The van der Waals surface area contributed by atoms with E-state index in [4.69, 9.17) is 16.3 Å². The van der Waals surface area contributed by atoms with Crippen LogP contribution < -0.4 is 10.1 Å². The molecule has 0 radical (unpaired) electrons. The van der Waals surface area contributed by atoms with Crippen LogP contribution in [0.1, 0.15) is 18.4 Å². The van der Waals surface area contributed by atoms with Gasteiger partial charge < -0.3 is 10.1 Å². The number of aromatic nitrogens is 2. The minimum atomic E-state index is -3.22. The van der Waals surface area contributed by atoms with Gasteiger partial charge in [-0.1, -0.05) is 11.6 Å². The summed E-state index contributed by atoms with van der Waals surface area (Å²) >= 11 is 5.89. The molecule has 1 aromatic heterocycles. The van der Waals surface area contributed by atoms with Crippen LogP contribution in [0.3, 0.4) is 0 Å². The van der Waals surface area contributed by atoms with Crippen LogP contribution in [0, 0.1) is 0 Å². The van der Waals surface area contributed by atoms with Crippen LogP contribution in [-0.2, 0) is 21.2 Å². The topological polar surface area (TPSA) is 90.3 Å². The van der Waals surface area contributed by atoms with Crippen LogP contribution in [0.15, 0.2) is 65.8 Å². The Labute approximate surface area is 180 Å². The van der Waals surface area contributed by atoms with Crippen molar-refractivity contribution in [3.63, 3.8) is 0 Å². The fourth-order valence-corrected chi connectivity index (χ4v) is 3.44. The largest absolute Gasteiger partial charge is 0.494 e. The summed E-state index contributed by atoms with van der Waals surface area (Å²) in [5.41, 5.74) is 1.78. The molecule has 3 aromatic rings. The van der Waals surface area contributed by atoms with E-state index in [2.05, 4.69) is 10.4 Å². The SMILES string of the molecule is CS(=O)(=O)c1ccc(OCCCC(=O)NCc2cnn(-c3ccc(Cl)cc3)c2)cc1. The zero-order valence-electron chi connectivity index (χ0n) is 16.4. The number of sulfone groups is 1. The summed E-state index contributed by atoms with van der Waals surface area (Å²) < 4.78 is 30.1. The van der Waals surface area contributed by atoms with Crippen molar-refractivity contribution in [2.75, 3.05) is 12.9 Å². The normalized spacial score (nSPS) is 11.3. The first-order chi connectivity index (χ1) is 14.3. The Morgan fingerprint density at radius 3 is 2.50 bits per heavy atom. The molecule has 0 saturated heterocycles. The van der Waals surface area contributed by atoms with E-state index in [1.54, 1.807) is 35.1 Å². The Balaban J connectivity index is 1.38. The Morgan fingerprint density at radius 2 is 1.83 bits per heavy atom. The highest BCUT2D eigenvalue weighted by Crippen LogP contribution is 2.16. The van der Waals surface area contributed by atoms with E-state index >= 15 is 0 Å². The molecule has 0 spiro atoms. The second kappa shape index (κ2) is 9.77. The van der Waals surface area contributed by atoms with Gasteiger partial charge in [0.15, 0.2) is 9.84 Å². The zero-order valence-corrected chi connectivity index (χ0v) is 18.0. The van der Waals surface area contributed by atoms with Crippen LogP contribution in [0.25, 0.3) is 5.69 Å². The molecule has 1 N–H and O–H groups in total. The van der Waals surface area contributed by atoms with E-state index in [9.17, 15) is 13.2 Å². The maximum atomic E-state index is 12.0. The summed E-state index contributed by atoms with van der Waals surface area (Å²) in [5, 5.41) is 7.81. The van der Waals surface area contributed by atoms with Crippen molar-refractivity contribution < 1.29 is 17.9 Å². The lowest BCUT2D eigenvalue weighted by Gasteiger charge is -2.07. The smallest absolute Gasteiger partial charge is 0.220 e. The number of carbonyl (C=O) groups excluding carboxylic acids is 1. The molecule has 0 saturated carbocycles. The minimum Gasteiger partial charge on any atom is -0.494 e. The summed E-state index contributed by atoms with van der Waals surface area (Å²) in [7, 11) is -3.22. The van der Waals surface area contributed by atoms with Crippen LogP contribution in [0.5, 0.6) is 5.75 Å². The maximum Gasteiger partial charge on any atom is 0.220 e. The molecule has 2 aromatic carbocycles. The Bertz CT molecular complexity index is 1090. The van der Waals surface area contributed by atoms with Gasteiger partial charge in [0, 0.05) is 36.0 Å². The van der Waals surface area contributed by atoms with Crippen LogP contribution in [0.2, 0.25) is 5.02 Å². The number of nitrogens with zero attached hydrogens (tertiary/aromatic N) is 2. The number of hydrogen-bond acceptors (Lipinski definition) is 5. The highest BCUT2D eigenvalue weighted by atomic mass is 35.5. The van der Waals surface area contributed by atoms with Gasteiger partial charge in [-0.15, -0.1) is 0 Å². The van der Waals surface area contributed by atoms with Crippen molar-refractivity contribution in [1.82, 2.24) is 15.1 Å². The van der Waals surface area contributed by atoms with Crippen molar-refractivity contribution >= 4 is 27.3 Å². The number of ether oxygens (including phenoxy) is 1. The number of halogens is 1. The lowest BCUT2D eigenvalue weighted by molar-refractivity contribution is -0.121. The number of carbonyl (C=O) groups is 1. The number of hydrogen-bond donors (Lipinski definition) is 1. The molecule has 0 aliphatic rings. The average molecular weight is 448 g/mol. The van der Waals surface area contributed by atoms with Gasteiger partial charge in [-0.3, -0.25) is 4.79 Å². The zero-order chi connectivity index (χ0) is 21.6. The van der Waals surface area contributed by atoms with Crippen LogP contribution in [0.4, 0.5) is 0 Å². The minimum absolute atomic E-state index is 0.0785. The number of nitrogens with one attached hydrogen (secondary N) is 1. The van der Waals surface area contributed by atoms with Gasteiger partial charge in [-0.2, -0.15) is 5.10 Å². The number of amides is 1. The van der Waals surface area contributed by atoms with Crippen molar-refractivity contribution in [2.24, 2.45) is 0 Å². The van der Waals surface area contributed by atoms with Crippen molar-refractivity contribution in [3.8, 4) is 11.4 Å². The fourth-order valence-electron chi connectivity index (χ4n) is 2.68.